The van der Waals surface area contributed by atoms with Gasteiger partial charge in [0.15, 0.2) is 5.76 Å². The lowest BCUT2D eigenvalue weighted by molar-refractivity contribution is -0.137. The predicted octanol–water partition coefficient (Wildman–Crippen LogP) is 2.15. The Morgan fingerprint density at radius 3 is 2.76 bits per heavy atom. The van der Waals surface area contributed by atoms with Gasteiger partial charge in [0.05, 0.1) is 12.7 Å². The Morgan fingerprint density at radius 2 is 2.14 bits per heavy atom. The van der Waals surface area contributed by atoms with Gasteiger partial charge in [0.25, 0.3) is 0 Å². The smallest absolute Gasteiger partial charge is 0.315 e. The molecule has 1 heterocycles. The number of hydrogen-bond donors (Lipinski definition) is 3. The molecule has 7 heteroatoms. The van der Waals surface area contributed by atoms with Crippen LogP contribution < -0.4 is 10.6 Å². The number of aliphatic carboxylic acids is 1. The molecule has 0 aromatic carbocycles. The van der Waals surface area contributed by atoms with Crippen molar-refractivity contribution in [2.75, 3.05) is 6.54 Å². The molecule has 0 aliphatic carbocycles. The van der Waals surface area contributed by atoms with E-state index in [1.54, 1.807) is 6.07 Å². The number of carbonyl (C=O) groups excluding carboxylic acids is 1. The minimum absolute atomic E-state index is 0.183. The maximum Gasteiger partial charge on any atom is 0.315 e. The number of aromatic nitrogens is 1. The molecule has 1 aromatic heterocycles. The fourth-order valence-corrected chi connectivity index (χ4v) is 2.12. The van der Waals surface area contributed by atoms with E-state index in [0.29, 0.717) is 31.2 Å². The Kier molecular flexibility index (Phi) is 7.93. The third kappa shape index (κ3) is 7.96. The summed E-state index contributed by atoms with van der Waals surface area (Å²) in [5, 5.41) is 17.7. The van der Waals surface area contributed by atoms with Crippen LogP contribution in [0.1, 0.15) is 44.8 Å². The Morgan fingerprint density at radius 1 is 1.33 bits per heavy atom. The lowest BCUT2D eigenvalue weighted by atomic mass is 9.94. The van der Waals surface area contributed by atoms with Crippen molar-refractivity contribution in [3.8, 4) is 0 Å². The molecule has 0 bridgehead atoms. The molecule has 1 rings (SSSR count). The zero-order valence-electron chi connectivity index (χ0n) is 12.3. The number of urea groups is 1. The first-order valence-electron chi connectivity index (χ1n) is 7.24. The van der Waals surface area contributed by atoms with Gasteiger partial charge < -0.3 is 20.3 Å². The number of rotatable bonds is 10. The van der Waals surface area contributed by atoms with Crippen molar-refractivity contribution in [1.29, 1.82) is 0 Å². The second kappa shape index (κ2) is 9.79. The van der Waals surface area contributed by atoms with E-state index in [-0.39, 0.29) is 12.5 Å². The van der Waals surface area contributed by atoms with Gasteiger partial charge >= 0.3 is 12.0 Å². The van der Waals surface area contributed by atoms with Gasteiger partial charge in [-0.1, -0.05) is 24.9 Å². The molecule has 0 saturated carbocycles. The van der Waals surface area contributed by atoms with E-state index in [0.717, 1.165) is 19.3 Å². The lowest BCUT2D eigenvalue weighted by Crippen LogP contribution is -2.36. The van der Waals surface area contributed by atoms with Crippen LogP contribution in [-0.2, 0) is 11.3 Å². The van der Waals surface area contributed by atoms with Crippen LogP contribution in [0.15, 0.2) is 16.8 Å². The number of hydrogen-bond acceptors (Lipinski definition) is 4. The zero-order valence-corrected chi connectivity index (χ0v) is 12.3. The summed E-state index contributed by atoms with van der Waals surface area (Å²) in [6, 6.07) is 1.42. The second-order valence-electron chi connectivity index (χ2n) is 4.96. The van der Waals surface area contributed by atoms with E-state index < -0.39 is 5.97 Å². The predicted molar refractivity (Wildman–Crippen MR) is 76.6 cm³/mol. The minimum Gasteiger partial charge on any atom is -0.481 e. The highest BCUT2D eigenvalue weighted by molar-refractivity contribution is 5.73. The van der Waals surface area contributed by atoms with E-state index in [1.165, 1.54) is 6.20 Å². The second-order valence-corrected chi connectivity index (χ2v) is 4.96. The van der Waals surface area contributed by atoms with Crippen LogP contribution >= 0.6 is 0 Å². The van der Waals surface area contributed by atoms with Crippen LogP contribution in [0.3, 0.4) is 0 Å². The first-order valence-corrected chi connectivity index (χ1v) is 7.24. The van der Waals surface area contributed by atoms with Crippen LogP contribution in [0.25, 0.3) is 0 Å². The van der Waals surface area contributed by atoms with Crippen molar-refractivity contribution in [2.24, 2.45) is 5.92 Å². The topological polar surface area (TPSA) is 104 Å². The highest BCUT2D eigenvalue weighted by Gasteiger charge is 2.11. The number of amides is 2. The zero-order chi connectivity index (χ0) is 15.5. The number of nitrogens with one attached hydrogen (secondary N) is 2. The molecule has 0 radical (unpaired) electrons. The summed E-state index contributed by atoms with van der Waals surface area (Å²) in [5.74, 6) is 0.157. The largest absolute Gasteiger partial charge is 0.481 e. The van der Waals surface area contributed by atoms with Crippen molar-refractivity contribution in [1.82, 2.24) is 15.8 Å². The van der Waals surface area contributed by atoms with Crippen molar-refractivity contribution in [3.63, 3.8) is 0 Å². The first kappa shape index (κ1) is 17.0. The summed E-state index contributed by atoms with van der Waals surface area (Å²) in [4.78, 5) is 22.2. The van der Waals surface area contributed by atoms with Crippen LogP contribution in [0, 0.1) is 5.92 Å². The summed E-state index contributed by atoms with van der Waals surface area (Å²) in [6.07, 6.45) is 5.15. The van der Waals surface area contributed by atoms with Gasteiger partial charge in [-0.3, -0.25) is 4.79 Å². The molecule has 1 aromatic rings. The van der Waals surface area contributed by atoms with Gasteiger partial charge in [-0.25, -0.2) is 4.79 Å². The summed E-state index contributed by atoms with van der Waals surface area (Å²) in [7, 11) is 0. The molecule has 21 heavy (non-hydrogen) atoms. The van der Waals surface area contributed by atoms with Crippen LogP contribution in [-0.4, -0.2) is 28.8 Å². The quantitative estimate of drug-likeness (QED) is 0.613. The standard InChI is InChI=1S/C14H23N3O4/c1-2-3-11(4-5-13(18)19)6-8-15-14(20)16-10-12-7-9-17-21-12/h7,9,11H,2-6,8,10H2,1H3,(H,18,19)(H2,15,16,20). The molecule has 0 aliphatic rings. The highest BCUT2D eigenvalue weighted by atomic mass is 16.5. The Hall–Kier alpha value is -2.05. The van der Waals surface area contributed by atoms with Gasteiger partial charge in [0, 0.05) is 19.0 Å². The lowest BCUT2D eigenvalue weighted by Gasteiger charge is -2.15. The van der Waals surface area contributed by atoms with E-state index in [1.807, 2.05) is 0 Å². The van der Waals surface area contributed by atoms with E-state index in [9.17, 15) is 9.59 Å². The molecule has 0 saturated heterocycles. The minimum atomic E-state index is -0.770. The number of carbonyl (C=O) groups is 2. The maximum atomic E-state index is 11.6. The van der Waals surface area contributed by atoms with Gasteiger partial charge in [0.2, 0.25) is 0 Å². The van der Waals surface area contributed by atoms with Gasteiger partial charge in [-0.2, -0.15) is 0 Å². The number of nitrogens with zero attached hydrogens (tertiary/aromatic N) is 1. The summed E-state index contributed by atoms with van der Waals surface area (Å²) in [6.45, 7) is 2.90. The van der Waals surface area contributed by atoms with E-state index in [2.05, 4.69) is 22.7 Å². The fraction of sp³-hybridized carbons (Fsp3) is 0.643. The van der Waals surface area contributed by atoms with Crippen LogP contribution in [0.5, 0.6) is 0 Å². The molecular formula is C14H23N3O4. The van der Waals surface area contributed by atoms with Crippen molar-refractivity contribution >= 4 is 12.0 Å². The average Bonchev–Trinajstić information content (AvgIpc) is 2.95. The van der Waals surface area contributed by atoms with Crippen molar-refractivity contribution < 1.29 is 19.2 Å². The molecule has 1 unspecified atom stereocenters. The van der Waals surface area contributed by atoms with Crippen molar-refractivity contribution in [3.05, 3.63) is 18.0 Å². The highest BCUT2D eigenvalue weighted by Crippen LogP contribution is 2.17. The fourth-order valence-electron chi connectivity index (χ4n) is 2.12. The Labute approximate surface area is 124 Å². The Balaban J connectivity index is 2.16. The van der Waals surface area contributed by atoms with Crippen LogP contribution in [0.4, 0.5) is 4.79 Å². The molecular weight excluding hydrogens is 274 g/mol. The molecule has 1 atom stereocenters. The number of carboxylic acid groups (broad SMARTS) is 1. The molecule has 0 aliphatic heterocycles. The molecule has 0 spiro atoms. The summed E-state index contributed by atoms with van der Waals surface area (Å²) in [5.41, 5.74) is 0. The number of carboxylic acids is 1. The van der Waals surface area contributed by atoms with Crippen LogP contribution in [0.2, 0.25) is 0 Å². The molecule has 2 amide bonds. The van der Waals surface area contributed by atoms with Gasteiger partial charge in [0.1, 0.15) is 0 Å². The van der Waals surface area contributed by atoms with Gasteiger partial charge in [-0.05, 0) is 18.8 Å². The monoisotopic (exact) mass is 297 g/mol. The SMILES string of the molecule is CCCC(CCNC(=O)NCc1ccno1)CCC(=O)O. The normalized spacial score (nSPS) is 11.9. The molecule has 118 valence electrons. The summed E-state index contributed by atoms with van der Waals surface area (Å²) >= 11 is 0. The van der Waals surface area contributed by atoms with Crippen molar-refractivity contribution in [2.45, 2.75) is 45.6 Å². The molecule has 7 nitrogen and oxygen atoms in total. The third-order valence-corrected chi connectivity index (χ3v) is 3.22. The first-order chi connectivity index (χ1) is 10.1. The van der Waals surface area contributed by atoms with E-state index in [4.69, 9.17) is 9.63 Å². The van der Waals surface area contributed by atoms with Gasteiger partial charge in [-0.15, -0.1) is 0 Å². The molecule has 0 fully saturated rings. The van der Waals surface area contributed by atoms with E-state index >= 15 is 0 Å². The third-order valence-electron chi connectivity index (χ3n) is 3.22. The Bertz CT molecular complexity index is 420. The average molecular weight is 297 g/mol. The molecule has 3 N–H and O–H groups in total. The maximum absolute atomic E-state index is 11.6. The summed E-state index contributed by atoms with van der Waals surface area (Å²) < 4.78 is 4.86.